The molecule has 0 aliphatic heterocycles. The Morgan fingerprint density at radius 2 is 1.81 bits per heavy atom. The summed E-state index contributed by atoms with van der Waals surface area (Å²) >= 11 is 3.36. The van der Waals surface area contributed by atoms with Gasteiger partial charge in [0.15, 0.2) is 0 Å². The van der Waals surface area contributed by atoms with Crippen LogP contribution in [0.3, 0.4) is 0 Å². The first-order chi connectivity index (χ1) is 10.2. The number of carbonyl (C=O) groups is 1. The highest BCUT2D eigenvalue weighted by Crippen LogP contribution is 2.13. The molecule has 1 atom stereocenters. The summed E-state index contributed by atoms with van der Waals surface area (Å²) < 4.78 is 0.994. The Balaban J connectivity index is 1.98. The number of amides is 1. The number of benzene rings is 2. The van der Waals surface area contributed by atoms with Gasteiger partial charge in [-0.1, -0.05) is 58.4 Å². The molecule has 0 saturated heterocycles. The average molecular weight is 346 g/mol. The van der Waals surface area contributed by atoms with Gasteiger partial charge in [0.1, 0.15) is 0 Å². The molecule has 0 radical (unpaired) electrons. The minimum Gasteiger partial charge on any atom is -0.394 e. The molecule has 0 unspecified atom stereocenters. The molecular formula is C17H16BrNO2. The standard InChI is InChI=1S/C17H16BrNO2/c18-15-9-6-13(7-10-15)8-11-17(21)19-16(12-20)14-4-2-1-3-5-14/h1-11,16,20H,12H2,(H,19,21)/b11-8+/t16-/m1/s1. The third kappa shape index (κ3) is 4.85. The fourth-order valence-corrected chi connectivity index (χ4v) is 2.15. The average Bonchev–Trinajstić information content (AvgIpc) is 2.53. The molecule has 0 saturated carbocycles. The highest BCUT2D eigenvalue weighted by Gasteiger charge is 2.11. The second kappa shape index (κ2) is 7.76. The number of aliphatic hydroxyl groups is 1. The molecule has 4 heteroatoms. The minimum absolute atomic E-state index is 0.137. The second-order valence-electron chi connectivity index (χ2n) is 4.54. The van der Waals surface area contributed by atoms with E-state index in [4.69, 9.17) is 0 Å². The maximum atomic E-state index is 11.9. The summed E-state index contributed by atoms with van der Waals surface area (Å²) in [5, 5.41) is 12.2. The lowest BCUT2D eigenvalue weighted by atomic mass is 10.1. The molecule has 0 bridgehead atoms. The quantitative estimate of drug-likeness (QED) is 0.816. The first-order valence-corrected chi connectivity index (χ1v) is 7.38. The van der Waals surface area contributed by atoms with E-state index in [0.717, 1.165) is 15.6 Å². The summed E-state index contributed by atoms with van der Waals surface area (Å²) in [5.74, 6) is -0.235. The van der Waals surface area contributed by atoms with E-state index in [1.807, 2.05) is 54.6 Å². The van der Waals surface area contributed by atoms with Crippen molar-refractivity contribution in [3.05, 3.63) is 76.3 Å². The number of carbonyl (C=O) groups excluding carboxylic acids is 1. The maximum absolute atomic E-state index is 11.9. The van der Waals surface area contributed by atoms with E-state index < -0.39 is 6.04 Å². The zero-order valence-electron chi connectivity index (χ0n) is 11.4. The van der Waals surface area contributed by atoms with Crippen LogP contribution in [0.4, 0.5) is 0 Å². The van der Waals surface area contributed by atoms with Gasteiger partial charge in [0, 0.05) is 10.5 Å². The number of hydrogen-bond acceptors (Lipinski definition) is 2. The van der Waals surface area contributed by atoms with Crippen LogP contribution in [-0.4, -0.2) is 17.6 Å². The molecule has 1 amide bonds. The van der Waals surface area contributed by atoms with E-state index in [1.54, 1.807) is 6.08 Å². The van der Waals surface area contributed by atoms with Crippen molar-refractivity contribution >= 4 is 27.9 Å². The lowest BCUT2D eigenvalue weighted by Gasteiger charge is -2.15. The van der Waals surface area contributed by atoms with Crippen LogP contribution in [0.2, 0.25) is 0 Å². The van der Waals surface area contributed by atoms with Gasteiger partial charge in [0.25, 0.3) is 0 Å². The highest BCUT2D eigenvalue weighted by atomic mass is 79.9. The predicted octanol–water partition coefficient (Wildman–Crippen LogP) is 3.31. The normalized spacial score (nSPS) is 12.3. The molecule has 2 N–H and O–H groups in total. The van der Waals surface area contributed by atoms with Crippen molar-refractivity contribution in [2.45, 2.75) is 6.04 Å². The number of hydrogen-bond donors (Lipinski definition) is 2. The lowest BCUT2D eigenvalue weighted by molar-refractivity contribution is -0.117. The predicted molar refractivity (Wildman–Crippen MR) is 87.6 cm³/mol. The molecular weight excluding hydrogens is 330 g/mol. The summed E-state index contributed by atoms with van der Waals surface area (Å²) in [6, 6.07) is 16.7. The first-order valence-electron chi connectivity index (χ1n) is 6.59. The van der Waals surface area contributed by atoms with E-state index in [0.29, 0.717) is 0 Å². The molecule has 108 valence electrons. The zero-order valence-corrected chi connectivity index (χ0v) is 13.0. The molecule has 0 spiro atoms. The van der Waals surface area contributed by atoms with Crippen molar-refractivity contribution in [1.82, 2.24) is 5.32 Å². The van der Waals surface area contributed by atoms with Gasteiger partial charge in [-0.25, -0.2) is 0 Å². The Kier molecular flexibility index (Phi) is 5.72. The fraction of sp³-hybridized carbons (Fsp3) is 0.118. The third-order valence-electron chi connectivity index (χ3n) is 3.00. The molecule has 0 aliphatic rings. The van der Waals surface area contributed by atoms with Crippen LogP contribution in [-0.2, 0) is 4.79 Å². The molecule has 2 aromatic rings. The van der Waals surface area contributed by atoms with Crippen molar-refractivity contribution in [3.8, 4) is 0 Å². The van der Waals surface area contributed by atoms with Crippen molar-refractivity contribution in [1.29, 1.82) is 0 Å². The van der Waals surface area contributed by atoms with E-state index >= 15 is 0 Å². The molecule has 21 heavy (non-hydrogen) atoms. The summed E-state index contributed by atoms with van der Waals surface area (Å²) in [7, 11) is 0. The van der Waals surface area contributed by atoms with Crippen LogP contribution in [0.25, 0.3) is 6.08 Å². The SMILES string of the molecule is O=C(/C=C/c1ccc(Br)cc1)N[C@H](CO)c1ccccc1. The van der Waals surface area contributed by atoms with E-state index in [-0.39, 0.29) is 12.5 Å². The van der Waals surface area contributed by atoms with Crippen molar-refractivity contribution in [3.63, 3.8) is 0 Å². The monoisotopic (exact) mass is 345 g/mol. The summed E-state index contributed by atoms with van der Waals surface area (Å²) in [6.07, 6.45) is 3.20. The Bertz CT molecular complexity index is 608. The first kappa shape index (κ1) is 15.5. The number of halogens is 1. The largest absolute Gasteiger partial charge is 0.394 e. The van der Waals surface area contributed by atoms with Gasteiger partial charge in [-0.2, -0.15) is 0 Å². The Hall–Kier alpha value is -1.91. The summed E-state index contributed by atoms with van der Waals surface area (Å²) in [4.78, 5) is 11.9. The van der Waals surface area contributed by atoms with Crippen LogP contribution >= 0.6 is 15.9 Å². The molecule has 0 aromatic heterocycles. The zero-order chi connectivity index (χ0) is 15.1. The lowest BCUT2D eigenvalue weighted by Crippen LogP contribution is -2.29. The topological polar surface area (TPSA) is 49.3 Å². The minimum atomic E-state index is -0.395. The van der Waals surface area contributed by atoms with E-state index in [9.17, 15) is 9.90 Å². The Morgan fingerprint density at radius 3 is 2.43 bits per heavy atom. The van der Waals surface area contributed by atoms with Gasteiger partial charge in [0.2, 0.25) is 5.91 Å². The molecule has 0 heterocycles. The van der Waals surface area contributed by atoms with Crippen LogP contribution in [0.1, 0.15) is 17.2 Å². The van der Waals surface area contributed by atoms with Gasteiger partial charge >= 0.3 is 0 Å². The highest BCUT2D eigenvalue weighted by molar-refractivity contribution is 9.10. The van der Waals surface area contributed by atoms with Crippen molar-refractivity contribution in [2.75, 3.05) is 6.61 Å². The summed E-state index contributed by atoms with van der Waals surface area (Å²) in [5.41, 5.74) is 1.82. The molecule has 3 nitrogen and oxygen atoms in total. The number of aliphatic hydroxyl groups excluding tert-OH is 1. The molecule has 0 fully saturated rings. The van der Waals surface area contributed by atoms with E-state index in [2.05, 4.69) is 21.2 Å². The van der Waals surface area contributed by atoms with Gasteiger partial charge in [-0.05, 0) is 29.3 Å². The smallest absolute Gasteiger partial charge is 0.244 e. The Morgan fingerprint density at radius 1 is 1.14 bits per heavy atom. The number of rotatable bonds is 5. The third-order valence-corrected chi connectivity index (χ3v) is 3.53. The van der Waals surface area contributed by atoms with Gasteiger partial charge in [-0.3, -0.25) is 4.79 Å². The maximum Gasteiger partial charge on any atom is 0.244 e. The molecule has 0 aliphatic carbocycles. The molecule has 2 aromatic carbocycles. The number of nitrogens with one attached hydrogen (secondary N) is 1. The second-order valence-corrected chi connectivity index (χ2v) is 5.45. The Labute approximate surface area is 132 Å². The van der Waals surface area contributed by atoms with E-state index in [1.165, 1.54) is 6.08 Å². The van der Waals surface area contributed by atoms with Crippen molar-refractivity contribution < 1.29 is 9.90 Å². The van der Waals surface area contributed by atoms with Gasteiger partial charge in [-0.15, -0.1) is 0 Å². The fourth-order valence-electron chi connectivity index (χ4n) is 1.89. The van der Waals surface area contributed by atoms with Crippen LogP contribution in [0, 0.1) is 0 Å². The van der Waals surface area contributed by atoms with Gasteiger partial charge in [0.05, 0.1) is 12.6 Å². The molecule has 2 rings (SSSR count). The van der Waals surface area contributed by atoms with Crippen LogP contribution < -0.4 is 5.32 Å². The summed E-state index contributed by atoms with van der Waals surface area (Å²) in [6.45, 7) is -0.137. The van der Waals surface area contributed by atoms with Crippen molar-refractivity contribution in [2.24, 2.45) is 0 Å². The van der Waals surface area contributed by atoms with Crippen LogP contribution in [0.5, 0.6) is 0 Å². The van der Waals surface area contributed by atoms with Crippen LogP contribution in [0.15, 0.2) is 65.1 Å². The van der Waals surface area contributed by atoms with Gasteiger partial charge < -0.3 is 10.4 Å².